The molecule has 0 aliphatic heterocycles. The van der Waals surface area contributed by atoms with Gasteiger partial charge in [0, 0.05) is 29.3 Å². The van der Waals surface area contributed by atoms with E-state index in [1.807, 2.05) is 36.4 Å². The van der Waals surface area contributed by atoms with Gasteiger partial charge in [0.05, 0.1) is 5.69 Å². The van der Waals surface area contributed by atoms with Gasteiger partial charge in [-0.25, -0.2) is 0 Å². The van der Waals surface area contributed by atoms with Crippen molar-refractivity contribution in [1.82, 2.24) is 9.97 Å². The Kier molecular flexibility index (Phi) is 3.60. The Balaban J connectivity index is 2.01. The highest BCUT2D eigenvalue weighted by Gasteiger charge is 2.03. The van der Waals surface area contributed by atoms with Crippen molar-refractivity contribution in [2.45, 2.75) is 12.8 Å². The van der Waals surface area contributed by atoms with Crippen LogP contribution in [0.2, 0.25) is 0 Å². The van der Waals surface area contributed by atoms with Crippen molar-refractivity contribution in [1.29, 1.82) is 0 Å². The summed E-state index contributed by atoms with van der Waals surface area (Å²) in [5.74, 6) is 0. The summed E-state index contributed by atoms with van der Waals surface area (Å²) >= 11 is 0. The van der Waals surface area contributed by atoms with Gasteiger partial charge in [-0.05, 0) is 42.1 Å². The maximum Gasteiger partial charge on any atom is 0.248 e. The number of carbonyl (C=O) groups is 1. The number of fused-ring (bicyclic) bond motifs is 1. The number of aldehydes is 1. The largest absolute Gasteiger partial charge is 0.322 e. The van der Waals surface area contributed by atoms with Crippen LogP contribution < -0.4 is 5.56 Å². The Hall–Kier alpha value is -2.75. The number of H-pyrrole nitrogens is 1. The minimum atomic E-state index is -0.107. The van der Waals surface area contributed by atoms with Gasteiger partial charge in [0.15, 0.2) is 0 Å². The molecule has 0 radical (unpaired) electrons. The van der Waals surface area contributed by atoms with E-state index < -0.39 is 0 Å². The van der Waals surface area contributed by atoms with Crippen LogP contribution in [0.25, 0.3) is 22.2 Å². The molecule has 104 valence electrons. The highest BCUT2D eigenvalue weighted by molar-refractivity contribution is 5.83. The summed E-state index contributed by atoms with van der Waals surface area (Å²) in [7, 11) is 0. The van der Waals surface area contributed by atoms with E-state index in [0.29, 0.717) is 12.8 Å². The number of hydrogen-bond acceptors (Lipinski definition) is 3. The first-order chi connectivity index (χ1) is 10.3. The van der Waals surface area contributed by atoms with Crippen LogP contribution in [-0.2, 0) is 11.2 Å². The molecule has 0 amide bonds. The summed E-state index contributed by atoms with van der Waals surface area (Å²) < 4.78 is 0. The maximum atomic E-state index is 11.3. The van der Waals surface area contributed by atoms with Gasteiger partial charge in [-0.1, -0.05) is 12.1 Å². The topological polar surface area (TPSA) is 62.8 Å². The molecule has 21 heavy (non-hydrogen) atoms. The average Bonchev–Trinajstić information content (AvgIpc) is 2.52. The van der Waals surface area contributed by atoms with E-state index in [9.17, 15) is 9.59 Å². The van der Waals surface area contributed by atoms with Gasteiger partial charge in [-0.15, -0.1) is 0 Å². The summed E-state index contributed by atoms with van der Waals surface area (Å²) in [5, 5.41) is 0.965. The number of nitrogens with zero attached hydrogens (tertiary/aromatic N) is 1. The molecule has 0 spiro atoms. The predicted molar refractivity (Wildman–Crippen MR) is 82.2 cm³/mol. The van der Waals surface area contributed by atoms with Crippen molar-refractivity contribution in [3.63, 3.8) is 0 Å². The van der Waals surface area contributed by atoms with Gasteiger partial charge in [-0.3, -0.25) is 9.78 Å². The van der Waals surface area contributed by atoms with E-state index >= 15 is 0 Å². The van der Waals surface area contributed by atoms with E-state index in [1.165, 1.54) is 6.07 Å². The molecule has 2 heterocycles. The van der Waals surface area contributed by atoms with Gasteiger partial charge >= 0.3 is 0 Å². The number of carbonyl (C=O) groups excluding carboxylic acids is 1. The number of aromatic amines is 1. The number of pyridine rings is 2. The smallest absolute Gasteiger partial charge is 0.248 e. The third kappa shape index (κ3) is 2.89. The Bertz CT molecular complexity index is 853. The minimum Gasteiger partial charge on any atom is -0.322 e. The molecule has 2 aromatic heterocycles. The molecular weight excluding hydrogens is 264 g/mol. The zero-order valence-corrected chi connectivity index (χ0v) is 11.4. The normalized spacial score (nSPS) is 10.7. The van der Waals surface area contributed by atoms with E-state index in [2.05, 4.69) is 9.97 Å². The minimum absolute atomic E-state index is 0.107. The van der Waals surface area contributed by atoms with Crippen molar-refractivity contribution >= 4 is 17.2 Å². The first kappa shape index (κ1) is 13.2. The summed E-state index contributed by atoms with van der Waals surface area (Å²) in [6, 6.07) is 14.9. The van der Waals surface area contributed by atoms with Gasteiger partial charge in [-0.2, -0.15) is 0 Å². The molecule has 1 N–H and O–H groups in total. The quantitative estimate of drug-likeness (QED) is 0.746. The fourth-order valence-electron chi connectivity index (χ4n) is 2.30. The van der Waals surface area contributed by atoms with Crippen molar-refractivity contribution < 1.29 is 4.79 Å². The zero-order valence-electron chi connectivity index (χ0n) is 11.4. The molecule has 1 aromatic carbocycles. The first-order valence-electron chi connectivity index (χ1n) is 6.79. The number of hydrogen-bond donors (Lipinski definition) is 1. The van der Waals surface area contributed by atoms with Crippen LogP contribution in [0.3, 0.4) is 0 Å². The second kappa shape index (κ2) is 5.71. The molecule has 0 saturated heterocycles. The Morgan fingerprint density at radius 2 is 2.00 bits per heavy atom. The van der Waals surface area contributed by atoms with Gasteiger partial charge in [0.25, 0.3) is 0 Å². The van der Waals surface area contributed by atoms with Crippen LogP contribution in [0.15, 0.2) is 53.3 Å². The van der Waals surface area contributed by atoms with Crippen molar-refractivity contribution in [2.24, 2.45) is 0 Å². The molecule has 0 aliphatic rings. The molecule has 4 nitrogen and oxygen atoms in total. The van der Waals surface area contributed by atoms with Crippen LogP contribution in [0.5, 0.6) is 0 Å². The van der Waals surface area contributed by atoms with E-state index in [0.717, 1.165) is 34.1 Å². The highest BCUT2D eigenvalue weighted by Crippen LogP contribution is 2.21. The second-order valence-electron chi connectivity index (χ2n) is 4.84. The SMILES string of the molecule is O=CCCc1cccc(-c2ccc3[nH]c(=O)ccc3c2)n1. The Morgan fingerprint density at radius 3 is 2.86 bits per heavy atom. The van der Waals surface area contributed by atoms with Crippen molar-refractivity contribution in [2.75, 3.05) is 0 Å². The summed E-state index contributed by atoms with van der Waals surface area (Å²) in [6.07, 6.45) is 2.04. The summed E-state index contributed by atoms with van der Waals surface area (Å²) in [4.78, 5) is 29.1. The lowest BCUT2D eigenvalue weighted by atomic mass is 10.1. The maximum absolute atomic E-state index is 11.3. The molecule has 0 atom stereocenters. The predicted octanol–water partition coefficient (Wildman–Crippen LogP) is 2.72. The van der Waals surface area contributed by atoms with E-state index in [1.54, 1.807) is 6.07 Å². The van der Waals surface area contributed by atoms with Gasteiger partial charge in [0.2, 0.25) is 5.56 Å². The lowest BCUT2D eigenvalue weighted by molar-refractivity contribution is -0.107. The number of aryl methyl sites for hydroxylation is 1. The lowest BCUT2D eigenvalue weighted by Crippen LogP contribution is -2.02. The van der Waals surface area contributed by atoms with Gasteiger partial charge in [0.1, 0.15) is 6.29 Å². The summed E-state index contributed by atoms with van der Waals surface area (Å²) in [5.41, 5.74) is 3.46. The monoisotopic (exact) mass is 278 g/mol. The fourth-order valence-corrected chi connectivity index (χ4v) is 2.30. The Labute approximate surface area is 121 Å². The molecule has 4 heteroatoms. The van der Waals surface area contributed by atoms with Crippen LogP contribution in [-0.4, -0.2) is 16.3 Å². The highest BCUT2D eigenvalue weighted by atomic mass is 16.1. The lowest BCUT2D eigenvalue weighted by Gasteiger charge is -2.05. The van der Waals surface area contributed by atoms with Crippen LogP contribution in [0.4, 0.5) is 0 Å². The molecule has 3 aromatic rings. The molecule has 0 unspecified atom stereocenters. The second-order valence-corrected chi connectivity index (χ2v) is 4.84. The molecular formula is C17H14N2O2. The third-order valence-electron chi connectivity index (χ3n) is 3.34. The molecule has 0 saturated carbocycles. The number of rotatable bonds is 4. The average molecular weight is 278 g/mol. The molecule has 0 aliphatic carbocycles. The first-order valence-corrected chi connectivity index (χ1v) is 6.79. The third-order valence-corrected chi connectivity index (χ3v) is 3.34. The Morgan fingerprint density at radius 1 is 1.10 bits per heavy atom. The van der Waals surface area contributed by atoms with Crippen molar-refractivity contribution in [3.8, 4) is 11.3 Å². The van der Waals surface area contributed by atoms with Crippen LogP contribution >= 0.6 is 0 Å². The number of benzene rings is 1. The molecule has 0 bridgehead atoms. The zero-order chi connectivity index (χ0) is 14.7. The molecule has 0 fully saturated rings. The molecule has 3 rings (SSSR count). The standard InChI is InChI=1S/C17H14N2O2/c20-10-2-4-14-3-1-5-15(18-14)12-6-8-16-13(11-12)7-9-17(21)19-16/h1,3,5-11H,2,4H2,(H,19,21). The summed E-state index contributed by atoms with van der Waals surface area (Å²) in [6.45, 7) is 0. The fraction of sp³-hybridized carbons (Fsp3) is 0.118. The van der Waals surface area contributed by atoms with Crippen LogP contribution in [0, 0.1) is 0 Å². The van der Waals surface area contributed by atoms with Gasteiger partial charge < -0.3 is 9.78 Å². The van der Waals surface area contributed by atoms with Crippen molar-refractivity contribution in [3.05, 3.63) is 64.6 Å². The number of aromatic nitrogens is 2. The van der Waals surface area contributed by atoms with E-state index in [-0.39, 0.29) is 5.56 Å². The van der Waals surface area contributed by atoms with E-state index in [4.69, 9.17) is 0 Å². The van der Waals surface area contributed by atoms with Crippen LogP contribution in [0.1, 0.15) is 12.1 Å². The number of nitrogens with one attached hydrogen (secondary N) is 1.